The number of halogens is 6. The summed E-state index contributed by atoms with van der Waals surface area (Å²) < 4.78 is 98.0. The van der Waals surface area contributed by atoms with Gasteiger partial charge in [-0.3, -0.25) is 9.69 Å². The van der Waals surface area contributed by atoms with Gasteiger partial charge in [0, 0.05) is 12.1 Å². The molecule has 1 atom stereocenters. The van der Waals surface area contributed by atoms with Crippen molar-refractivity contribution in [2.24, 2.45) is 0 Å². The van der Waals surface area contributed by atoms with Gasteiger partial charge in [-0.05, 0) is 78.6 Å². The van der Waals surface area contributed by atoms with Gasteiger partial charge in [0.05, 0.1) is 12.6 Å². The minimum atomic E-state index is -5.98. The summed E-state index contributed by atoms with van der Waals surface area (Å²) in [5.41, 5.74) is -4.33. The molecule has 50 heavy (non-hydrogen) atoms. The van der Waals surface area contributed by atoms with Crippen molar-refractivity contribution in [1.29, 1.82) is 0 Å². The number of aliphatic hydroxyl groups is 1. The highest BCUT2D eigenvalue weighted by Crippen LogP contribution is 2.50. The number of imide groups is 1. The largest absolute Gasteiger partial charge is 0.494 e. The fraction of sp³-hybridized carbons (Fsp3) is 0.444. The maximum atomic E-state index is 13.5. The number of carbonyl (C=O) groups excluding carboxylic acids is 2. The van der Waals surface area contributed by atoms with Gasteiger partial charge in [-0.15, -0.1) is 0 Å². The smallest absolute Gasteiger partial charge is 0.430 e. The lowest BCUT2D eigenvalue weighted by Gasteiger charge is -2.33. The van der Waals surface area contributed by atoms with Crippen molar-refractivity contribution in [2.75, 3.05) is 26.4 Å². The minimum absolute atomic E-state index is 0.174. The number of hydrogen-bond donors (Lipinski definition) is 2. The molecular formula is C36H40F6N2O6. The fourth-order valence-corrected chi connectivity index (χ4v) is 5.70. The molecule has 0 aliphatic carbocycles. The number of amides is 3. The number of aryl methyl sites for hydroxylation is 1. The summed E-state index contributed by atoms with van der Waals surface area (Å²) in [6.07, 6.45) is -8.55. The van der Waals surface area contributed by atoms with Crippen LogP contribution in [-0.4, -0.2) is 61.2 Å². The van der Waals surface area contributed by atoms with Crippen molar-refractivity contribution in [3.63, 3.8) is 0 Å². The molecule has 0 spiro atoms. The molecule has 1 aliphatic heterocycles. The number of alkyl halides is 6. The Morgan fingerprint density at radius 2 is 1.66 bits per heavy atom. The number of hydrogen-bond acceptors (Lipinski definition) is 6. The van der Waals surface area contributed by atoms with E-state index in [4.69, 9.17) is 14.2 Å². The molecule has 1 aliphatic rings. The number of nitrogens with zero attached hydrogens (tertiary/aromatic N) is 1. The number of urea groups is 1. The third-order valence-corrected chi connectivity index (χ3v) is 8.38. The molecule has 0 bridgehead atoms. The summed E-state index contributed by atoms with van der Waals surface area (Å²) in [7, 11) is 0. The molecule has 0 saturated heterocycles. The van der Waals surface area contributed by atoms with Gasteiger partial charge in [0.1, 0.15) is 19.0 Å². The Labute approximate surface area is 286 Å². The first-order valence-electron chi connectivity index (χ1n) is 16.4. The van der Waals surface area contributed by atoms with Gasteiger partial charge < -0.3 is 24.6 Å². The van der Waals surface area contributed by atoms with Gasteiger partial charge in [-0.25, -0.2) is 4.79 Å². The van der Waals surface area contributed by atoms with Gasteiger partial charge in [-0.1, -0.05) is 56.7 Å². The van der Waals surface area contributed by atoms with Crippen LogP contribution in [-0.2, 0) is 16.8 Å². The van der Waals surface area contributed by atoms with E-state index in [0.29, 0.717) is 86.2 Å². The van der Waals surface area contributed by atoms with E-state index >= 15 is 0 Å². The lowest BCUT2D eigenvalue weighted by Crippen LogP contribution is -2.53. The summed E-state index contributed by atoms with van der Waals surface area (Å²) in [5, 5.41) is 12.8. The number of ether oxygens (including phenoxy) is 3. The van der Waals surface area contributed by atoms with E-state index in [1.54, 1.807) is 37.3 Å². The summed E-state index contributed by atoms with van der Waals surface area (Å²) in [6.45, 7) is 5.03. The Morgan fingerprint density at radius 1 is 0.940 bits per heavy atom. The highest BCUT2D eigenvalue weighted by atomic mass is 19.4. The zero-order valence-electron chi connectivity index (χ0n) is 27.7. The van der Waals surface area contributed by atoms with Crippen LogP contribution < -0.4 is 19.5 Å². The third-order valence-electron chi connectivity index (χ3n) is 8.38. The highest BCUT2D eigenvalue weighted by molar-refractivity contribution is 5.85. The van der Waals surface area contributed by atoms with Crippen LogP contribution >= 0.6 is 0 Å². The number of fused-ring (bicyclic) bond motifs is 1. The third kappa shape index (κ3) is 8.82. The maximum Gasteiger partial charge on any atom is 0.430 e. The average Bonchev–Trinajstić information content (AvgIpc) is 3.09. The SMILES string of the molecule is CCCc1cc(C(O)(C(F)(F)F)C(F)(F)F)ccc1-c1cccc(OCCCCCN(C=O)C(=O)NC(CC)c2ccc3c(c2)OCCO3)c1. The molecule has 14 heteroatoms. The van der Waals surface area contributed by atoms with Crippen LogP contribution in [0.3, 0.4) is 0 Å². The van der Waals surface area contributed by atoms with E-state index in [-0.39, 0.29) is 31.2 Å². The van der Waals surface area contributed by atoms with Crippen LogP contribution in [0, 0.1) is 0 Å². The zero-order valence-corrected chi connectivity index (χ0v) is 27.7. The number of unbranched alkanes of at least 4 members (excludes halogenated alkanes) is 2. The number of rotatable bonds is 15. The van der Waals surface area contributed by atoms with Crippen molar-refractivity contribution >= 4 is 12.4 Å². The van der Waals surface area contributed by atoms with Crippen LogP contribution in [0.5, 0.6) is 17.2 Å². The molecule has 0 saturated carbocycles. The minimum Gasteiger partial charge on any atom is -0.494 e. The summed E-state index contributed by atoms with van der Waals surface area (Å²) in [4.78, 5) is 25.7. The van der Waals surface area contributed by atoms with E-state index in [1.165, 1.54) is 0 Å². The molecule has 272 valence electrons. The van der Waals surface area contributed by atoms with Gasteiger partial charge >= 0.3 is 18.4 Å². The Morgan fingerprint density at radius 3 is 2.32 bits per heavy atom. The number of carbonyl (C=O) groups is 2. The predicted octanol–water partition coefficient (Wildman–Crippen LogP) is 8.26. The van der Waals surface area contributed by atoms with Crippen LogP contribution in [0.1, 0.15) is 68.7 Å². The summed E-state index contributed by atoms with van der Waals surface area (Å²) >= 11 is 0. The molecule has 0 aromatic heterocycles. The summed E-state index contributed by atoms with van der Waals surface area (Å²) in [5.74, 6) is 1.68. The normalized spacial score (nSPS) is 13.8. The Balaban J connectivity index is 1.31. The van der Waals surface area contributed by atoms with Crippen molar-refractivity contribution in [2.45, 2.75) is 76.4 Å². The first-order valence-corrected chi connectivity index (χ1v) is 16.4. The standard InChI is InChI=1S/C36H40F6N2O6/c1-3-9-24-20-27(34(47,35(37,38)39)36(40,41)42)13-14-29(24)25-10-8-11-28(21-25)48-17-7-5-6-16-44(23-45)33(46)43-30(4-2)26-12-15-31-32(22-26)50-19-18-49-31/h8,10-15,20-23,30,47H,3-7,9,16-19H2,1-2H3,(H,43,46). The first-order chi connectivity index (χ1) is 23.7. The van der Waals surface area contributed by atoms with Crippen molar-refractivity contribution in [1.82, 2.24) is 10.2 Å². The molecule has 4 rings (SSSR count). The second-order valence-corrected chi connectivity index (χ2v) is 11.9. The van der Waals surface area contributed by atoms with Crippen molar-refractivity contribution in [3.05, 3.63) is 77.4 Å². The first kappa shape index (κ1) is 38.3. The quantitative estimate of drug-likeness (QED) is 0.0937. The van der Waals surface area contributed by atoms with E-state index in [9.17, 15) is 41.0 Å². The topological polar surface area (TPSA) is 97.3 Å². The second kappa shape index (κ2) is 16.5. The molecule has 1 heterocycles. The molecule has 3 aromatic carbocycles. The molecule has 1 unspecified atom stereocenters. The molecule has 0 radical (unpaired) electrons. The Kier molecular flexibility index (Phi) is 12.7. The molecule has 0 fully saturated rings. The van der Waals surface area contributed by atoms with Crippen LogP contribution in [0.2, 0.25) is 0 Å². The van der Waals surface area contributed by atoms with E-state index < -0.39 is 29.5 Å². The molecule has 3 aromatic rings. The van der Waals surface area contributed by atoms with Crippen LogP contribution in [0.25, 0.3) is 11.1 Å². The Hall–Kier alpha value is -4.46. The van der Waals surface area contributed by atoms with Crippen molar-refractivity contribution in [3.8, 4) is 28.4 Å². The van der Waals surface area contributed by atoms with E-state index in [0.717, 1.165) is 22.6 Å². The zero-order chi connectivity index (χ0) is 36.5. The molecule has 2 N–H and O–H groups in total. The lowest BCUT2D eigenvalue weighted by molar-refractivity contribution is -0.376. The van der Waals surface area contributed by atoms with Gasteiger partial charge in [0.25, 0.3) is 5.60 Å². The average molecular weight is 711 g/mol. The molecule has 8 nitrogen and oxygen atoms in total. The Bertz CT molecular complexity index is 1600. The van der Waals surface area contributed by atoms with Gasteiger partial charge in [0.2, 0.25) is 6.41 Å². The number of benzene rings is 3. The van der Waals surface area contributed by atoms with Crippen molar-refractivity contribution < 1.29 is 55.2 Å². The summed E-state index contributed by atoms with van der Waals surface area (Å²) in [6, 6.07) is 13.8. The monoisotopic (exact) mass is 710 g/mol. The highest BCUT2D eigenvalue weighted by Gasteiger charge is 2.71. The second-order valence-electron chi connectivity index (χ2n) is 11.9. The van der Waals surface area contributed by atoms with Crippen LogP contribution in [0.15, 0.2) is 60.7 Å². The van der Waals surface area contributed by atoms with Gasteiger partial charge in [0.15, 0.2) is 11.5 Å². The van der Waals surface area contributed by atoms with E-state index in [1.807, 2.05) is 19.1 Å². The predicted molar refractivity (Wildman–Crippen MR) is 173 cm³/mol. The van der Waals surface area contributed by atoms with Crippen LogP contribution in [0.4, 0.5) is 31.1 Å². The molecule has 3 amide bonds. The molecular weight excluding hydrogens is 670 g/mol. The number of nitrogens with one attached hydrogen (secondary N) is 1. The van der Waals surface area contributed by atoms with Gasteiger partial charge in [-0.2, -0.15) is 26.3 Å². The maximum absolute atomic E-state index is 13.5. The fourth-order valence-electron chi connectivity index (χ4n) is 5.70. The lowest BCUT2D eigenvalue weighted by atomic mass is 9.87. The van der Waals surface area contributed by atoms with E-state index in [2.05, 4.69) is 5.32 Å².